The second-order valence-electron chi connectivity index (χ2n) is 3.75. The number of hydrogen-bond donors (Lipinski definition) is 1. The van der Waals surface area contributed by atoms with Crippen LogP contribution in [0.3, 0.4) is 0 Å². The highest BCUT2D eigenvalue weighted by Crippen LogP contribution is 2.49. The van der Waals surface area contributed by atoms with Gasteiger partial charge in [0, 0.05) is 0 Å². The second-order valence-corrected chi connectivity index (χ2v) is 3.75. The molecule has 1 rings (SSSR count). The lowest BCUT2D eigenvalue weighted by atomic mass is 9.95. The van der Waals surface area contributed by atoms with Crippen molar-refractivity contribution in [1.29, 1.82) is 0 Å². The maximum absolute atomic E-state index is 10.4. The Morgan fingerprint density at radius 1 is 1.70 bits per heavy atom. The number of aliphatic carboxylic acids is 1. The third-order valence-electron chi connectivity index (χ3n) is 2.32. The van der Waals surface area contributed by atoms with E-state index in [1.54, 1.807) is 6.92 Å². The summed E-state index contributed by atoms with van der Waals surface area (Å²) in [7, 11) is 0. The minimum Gasteiger partial charge on any atom is -0.481 e. The fourth-order valence-corrected chi connectivity index (χ4v) is 1.24. The van der Waals surface area contributed by atoms with Crippen LogP contribution in [0.2, 0.25) is 0 Å². The lowest BCUT2D eigenvalue weighted by Crippen LogP contribution is -2.13. The number of rotatable bonds is 3. The summed E-state index contributed by atoms with van der Waals surface area (Å²) in [6.07, 6.45) is 3.28. The van der Waals surface area contributed by atoms with Gasteiger partial charge in [0.25, 0.3) is 0 Å². The van der Waals surface area contributed by atoms with Gasteiger partial charge in [-0.25, -0.2) is 0 Å². The Balaban J connectivity index is 2.31. The first-order valence-electron chi connectivity index (χ1n) is 3.76. The van der Waals surface area contributed by atoms with Crippen LogP contribution in [0.1, 0.15) is 33.1 Å². The van der Waals surface area contributed by atoms with Crippen LogP contribution in [-0.4, -0.2) is 11.1 Å². The van der Waals surface area contributed by atoms with Crippen molar-refractivity contribution in [2.75, 3.05) is 0 Å². The first-order chi connectivity index (χ1) is 4.53. The molecule has 0 saturated heterocycles. The van der Waals surface area contributed by atoms with Gasteiger partial charge < -0.3 is 5.11 Å². The van der Waals surface area contributed by atoms with Crippen LogP contribution in [0.15, 0.2) is 0 Å². The largest absolute Gasteiger partial charge is 0.481 e. The van der Waals surface area contributed by atoms with Gasteiger partial charge in [-0.1, -0.05) is 13.8 Å². The maximum Gasteiger partial charge on any atom is 0.306 e. The van der Waals surface area contributed by atoms with Crippen molar-refractivity contribution < 1.29 is 9.90 Å². The minimum absolute atomic E-state index is 0.160. The molecule has 0 radical (unpaired) electrons. The summed E-state index contributed by atoms with van der Waals surface area (Å²) in [6.45, 7) is 3.94. The van der Waals surface area contributed by atoms with E-state index in [4.69, 9.17) is 5.11 Å². The molecule has 1 aliphatic rings. The maximum atomic E-state index is 10.4. The van der Waals surface area contributed by atoms with Gasteiger partial charge in [0.05, 0.1) is 5.92 Å². The minimum atomic E-state index is -0.659. The lowest BCUT2D eigenvalue weighted by molar-refractivity contribution is -0.141. The number of carboxylic acid groups (broad SMARTS) is 1. The zero-order chi connectivity index (χ0) is 7.78. The van der Waals surface area contributed by atoms with Crippen molar-refractivity contribution in [3.8, 4) is 0 Å². The molecule has 0 amide bonds. The van der Waals surface area contributed by atoms with Crippen LogP contribution in [0, 0.1) is 11.3 Å². The van der Waals surface area contributed by atoms with Gasteiger partial charge in [-0.3, -0.25) is 4.79 Å². The molecule has 1 unspecified atom stereocenters. The van der Waals surface area contributed by atoms with Gasteiger partial charge in [-0.15, -0.1) is 0 Å². The van der Waals surface area contributed by atoms with Gasteiger partial charge in [0.15, 0.2) is 0 Å². The quantitative estimate of drug-likeness (QED) is 0.653. The smallest absolute Gasteiger partial charge is 0.306 e. The molecular formula is C8H14O2. The van der Waals surface area contributed by atoms with Crippen LogP contribution < -0.4 is 0 Å². The van der Waals surface area contributed by atoms with E-state index < -0.39 is 5.97 Å². The summed E-state index contributed by atoms with van der Waals surface area (Å²) in [6, 6.07) is 0. The molecule has 1 fully saturated rings. The molecule has 0 heterocycles. The van der Waals surface area contributed by atoms with E-state index in [2.05, 4.69) is 6.92 Å². The van der Waals surface area contributed by atoms with E-state index in [0.29, 0.717) is 5.41 Å². The highest BCUT2D eigenvalue weighted by molar-refractivity contribution is 5.69. The molecule has 0 spiro atoms. The molecule has 0 aromatic rings. The zero-order valence-corrected chi connectivity index (χ0v) is 6.55. The van der Waals surface area contributed by atoms with Crippen molar-refractivity contribution in [1.82, 2.24) is 0 Å². The highest BCUT2D eigenvalue weighted by Gasteiger charge is 2.39. The summed E-state index contributed by atoms with van der Waals surface area (Å²) in [5, 5.41) is 8.57. The number of carbonyl (C=O) groups is 1. The molecule has 0 aromatic heterocycles. The van der Waals surface area contributed by atoms with E-state index in [1.165, 1.54) is 12.8 Å². The fourth-order valence-electron chi connectivity index (χ4n) is 1.24. The fraction of sp³-hybridized carbons (Fsp3) is 0.875. The first-order valence-corrected chi connectivity index (χ1v) is 3.76. The monoisotopic (exact) mass is 142 g/mol. The Labute approximate surface area is 61.2 Å². The molecular weight excluding hydrogens is 128 g/mol. The van der Waals surface area contributed by atoms with Crippen LogP contribution in [0.4, 0.5) is 0 Å². The van der Waals surface area contributed by atoms with Crippen molar-refractivity contribution >= 4 is 5.97 Å². The molecule has 1 saturated carbocycles. The Morgan fingerprint density at radius 3 is 2.50 bits per heavy atom. The van der Waals surface area contributed by atoms with Crippen LogP contribution in [0.5, 0.6) is 0 Å². The predicted molar refractivity (Wildman–Crippen MR) is 38.8 cm³/mol. The summed E-state index contributed by atoms with van der Waals surface area (Å²) < 4.78 is 0. The summed E-state index contributed by atoms with van der Waals surface area (Å²) in [5.74, 6) is -0.819. The number of hydrogen-bond acceptors (Lipinski definition) is 1. The molecule has 1 atom stereocenters. The van der Waals surface area contributed by atoms with Crippen molar-refractivity contribution in [3.05, 3.63) is 0 Å². The van der Waals surface area contributed by atoms with E-state index in [1.807, 2.05) is 0 Å². The van der Waals surface area contributed by atoms with E-state index >= 15 is 0 Å². The van der Waals surface area contributed by atoms with Crippen molar-refractivity contribution in [2.24, 2.45) is 11.3 Å². The topological polar surface area (TPSA) is 37.3 Å². The first kappa shape index (κ1) is 7.58. The lowest BCUT2D eigenvalue weighted by Gasteiger charge is -2.10. The Morgan fingerprint density at radius 2 is 2.20 bits per heavy atom. The zero-order valence-electron chi connectivity index (χ0n) is 6.55. The third-order valence-corrected chi connectivity index (χ3v) is 2.32. The molecule has 2 nitrogen and oxygen atoms in total. The van der Waals surface area contributed by atoms with Gasteiger partial charge in [0.2, 0.25) is 0 Å². The second kappa shape index (κ2) is 2.26. The average molecular weight is 142 g/mol. The van der Waals surface area contributed by atoms with Gasteiger partial charge >= 0.3 is 5.97 Å². The van der Waals surface area contributed by atoms with E-state index in [0.717, 1.165) is 6.42 Å². The molecule has 1 aliphatic carbocycles. The molecule has 0 bridgehead atoms. The molecule has 0 aromatic carbocycles. The van der Waals surface area contributed by atoms with Crippen molar-refractivity contribution in [3.63, 3.8) is 0 Å². The molecule has 10 heavy (non-hydrogen) atoms. The van der Waals surface area contributed by atoms with Gasteiger partial charge in [0.1, 0.15) is 0 Å². The Hall–Kier alpha value is -0.530. The van der Waals surface area contributed by atoms with Crippen LogP contribution >= 0.6 is 0 Å². The average Bonchev–Trinajstić information content (AvgIpc) is 2.47. The van der Waals surface area contributed by atoms with Crippen LogP contribution in [-0.2, 0) is 4.79 Å². The normalized spacial score (nSPS) is 23.8. The summed E-state index contributed by atoms with van der Waals surface area (Å²) in [5.41, 5.74) is 0.373. The van der Waals surface area contributed by atoms with Crippen molar-refractivity contribution in [2.45, 2.75) is 33.1 Å². The molecule has 1 N–H and O–H groups in total. The predicted octanol–water partition coefficient (Wildman–Crippen LogP) is 1.90. The van der Waals surface area contributed by atoms with Gasteiger partial charge in [-0.2, -0.15) is 0 Å². The Bertz CT molecular complexity index is 147. The standard InChI is InChI=1S/C8H14O2/c1-6(7(9)10)5-8(2)3-4-8/h6H,3-5H2,1-2H3,(H,9,10). The number of carboxylic acids is 1. The molecule has 0 aliphatic heterocycles. The molecule has 2 heteroatoms. The summed E-state index contributed by atoms with van der Waals surface area (Å²) >= 11 is 0. The highest BCUT2D eigenvalue weighted by atomic mass is 16.4. The van der Waals surface area contributed by atoms with E-state index in [-0.39, 0.29) is 5.92 Å². The van der Waals surface area contributed by atoms with Gasteiger partial charge in [-0.05, 0) is 24.7 Å². The Kier molecular flexibility index (Phi) is 1.71. The summed E-state index contributed by atoms with van der Waals surface area (Å²) in [4.78, 5) is 10.4. The SMILES string of the molecule is CC(CC1(C)CC1)C(=O)O. The molecule has 58 valence electrons. The van der Waals surface area contributed by atoms with E-state index in [9.17, 15) is 4.79 Å². The third kappa shape index (κ3) is 1.72. The van der Waals surface area contributed by atoms with Crippen LogP contribution in [0.25, 0.3) is 0 Å².